The summed E-state index contributed by atoms with van der Waals surface area (Å²) in [5, 5.41) is 0. The van der Waals surface area contributed by atoms with E-state index in [0.717, 1.165) is 57.4 Å². The molecule has 0 bridgehead atoms. The second-order valence-electron chi connectivity index (χ2n) is 8.52. The van der Waals surface area contributed by atoms with Crippen molar-refractivity contribution in [1.82, 2.24) is 9.80 Å². The van der Waals surface area contributed by atoms with Crippen LogP contribution < -0.4 is 4.90 Å². The SMILES string of the molecule is O=C1c2cccc(N3CCN(C4CCCC4)CC3)c2C(=O)N1C[C@H]1CCCO1. The van der Waals surface area contributed by atoms with Crippen molar-refractivity contribution in [3.63, 3.8) is 0 Å². The number of benzene rings is 1. The Morgan fingerprint density at radius 3 is 2.43 bits per heavy atom. The highest BCUT2D eigenvalue weighted by atomic mass is 16.5. The van der Waals surface area contributed by atoms with Gasteiger partial charge in [0.2, 0.25) is 0 Å². The minimum absolute atomic E-state index is 0.0133. The van der Waals surface area contributed by atoms with E-state index in [2.05, 4.69) is 9.80 Å². The van der Waals surface area contributed by atoms with Crippen LogP contribution in [0.1, 0.15) is 59.2 Å². The molecule has 3 heterocycles. The zero-order chi connectivity index (χ0) is 19.1. The fourth-order valence-corrected chi connectivity index (χ4v) is 5.33. The molecule has 0 spiro atoms. The number of nitrogens with zero attached hydrogens (tertiary/aromatic N) is 3. The first-order valence-electron chi connectivity index (χ1n) is 10.8. The molecule has 150 valence electrons. The van der Waals surface area contributed by atoms with E-state index in [9.17, 15) is 9.59 Å². The van der Waals surface area contributed by atoms with E-state index in [0.29, 0.717) is 17.7 Å². The number of carbonyl (C=O) groups excluding carboxylic acids is 2. The largest absolute Gasteiger partial charge is 0.376 e. The summed E-state index contributed by atoms with van der Waals surface area (Å²) in [6.07, 6.45) is 7.27. The fraction of sp³-hybridized carbons (Fsp3) is 0.636. The molecule has 5 rings (SSSR count). The monoisotopic (exact) mass is 383 g/mol. The van der Waals surface area contributed by atoms with Crippen molar-refractivity contribution in [2.75, 3.05) is 44.2 Å². The van der Waals surface area contributed by atoms with Crippen molar-refractivity contribution in [1.29, 1.82) is 0 Å². The molecule has 2 saturated heterocycles. The van der Waals surface area contributed by atoms with Crippen LogP contribution in [0.4, 0.5) is 5.69 Å². The predicted octanol–water partition coefficient (Wildman–Crippen LogP) is 2.53. The summed E-state index contributed by atoms with van der Waals surface area (Å²) in [7, 11) is 0. The number of imide groups is 1. The first-order valence-corrected chi connectivity index (χ1v) is 10.8. The Balaban J connectivity index is 1.33. The van der Waals surface area contributed by atoms with Crippen LogP contribution in [0.2, 0.25) is 0 Å². The smallest absolute Gasteiger partial charge is 0.263 e. The lowest BCUT2D eigenvalue weighted by molar-refractivity contribution is 0.0475. The topological polar surface area (TPSA) is 53.1 Å². The molecule has 28 heavy (non-hydrogen) atoms. The Bertz CT molecular complexity index is 760. The number of amides is 2. The van der Waals surface area contributed by atoms with Crippen LogP contribution in [0.15, 0.2) is 18.2 Å². The van der Waals surface area contributed by atoms with Crippen LogP contribution in [-0.2, 0) is 4.74 Å². The molecule has 1 aliphatic carbocycles. The van der Waals surface area contributed by atoms with Crippen molar-refractivity contribution < 1.29 is 14.3 Å². The highest BCUT2D eigenvalue weighted by Gasteiger charge is 2.40. The highest BCUT2D eigenvalue weighted by Crippen LogP contribution is 2.34. The molecule has 6 heteroatoms. The number of piperazine rings is 1. The summed E-state index contributed by atoms with van der Waals surface area (Å²) in [6, 6.07) is 6.46. The minimum atomic E-state index is -0.165. The maximum atomic E-state index is 13.1. The number of fused-ring (bicyclic) bond motifs is 1. The standard InChI is InChI=1S/C22H29N3O3/c26-21-18-8-3-9-19(20(18)22(27)25(21)15-17-7-4-14-28-17)24-12-10-23(11-13-24)16-5-1-2-6-16/h3,8-9,16-17H,1-2,4-7,10-15H2/t17-/m1/s1. The molecule has 1 aromatic carbocycles. The molecule has 0 radical (unpaired) electrons. The first kappa shape index (κ1) is 18.1. The lowest BCUT2D eigenvalue weighted by atomic mass is 10.1. The van der Waals surface area contributed by atoms with Crippen molar-refractivity contribution in [2.45, 2.75) is 50.7 Å². The van der Waals surface area contributed by atoms with E-state index in [1.807, 2.05) is 12.1 Å². The number of rotatable bonds is 4. The Kier molecular flexibility index (Phi) is 4.85. The molecule has 3 fully saturated rings. The normalized spacial score (nSPS) is 26.5. The van der Waals surface area contributed by atoms with Crippen molar-refractivity contribution in [3.8, 4) is 0 Å². The Morgan fingerprint density at radius 1 is 0.929 bits per heavy atom. The first-order chi connectivity index (χ1) is 13.7. The third kappa shape index (κ3) is 3.12. The molecule has 0 unspecified atom stereocenters. The van der Waals surface area contributed by atoms with E-state index < -0.39 is 0 Å². The molecule has 1 aromatic rings. The molecule has 3 aliphatic heterocycles. The minimum Gasteiger partial charge on any atom is -0.376 e. The van der Waals surface area contributed by atoms with Crippen LogP contribution in [0.25, 0.3) is 0 Å². The zero-order valence-electron chi connectivity index (χ0n) is 16.4. The number of hydrogen-bond donors (Lipinski definition) is 0. The van der Waals surface area contributed by atoms with Gasteiger partial charge in [-0.15, -0.1) is 0 Å². The average molecular weight is 383 g/mol. The lowest BCUT2D eigenvalue weighted by Crippen LogP contribution is -2.50. The van der Waals surface area contributed by atoms with Gasteiger partial charge in [0.25, 0.3) is 11.8 Å². The molecule has 1 saturated carbocycles. The van der Waals surface area contributed by atoms with E-state index in [-0.39, 0.29) is 17.9 Å². The summed E-state index contributed by atoms with van der Waals surface area (Å²) < 4.78 is 5.66. The molecule has 0 N–H and O–H groups in total. The van der Waals surface area contributed by atoms with Gasteiger partial charge in [0, 0.05) is 38.8 Å². The number of hydrogen-bond acceptors (Lipinski definition) is 5. The molecular weight excluding hydrogens is 354 g/mol. The summed E-state index contributed by atoms with van der Waals surface area (Å²) >= 11 is 0. The third-order valence-electron chi connectivity index (χ3n) is 6.88. The number of carbonyl (C=O) groups is 2. The van der Waals surface area contributed by atoms with E-state index in [1.54, 1.807) is 6.07 Å². The molecule has 1 atom stereocenters. The Hall–Kier alpha value is -1.92. The summed E-state index contributed by atoms with van der Waals surface area (Å²) in [4.78, 5) is 32.3. The van der Waals surface area contributed by atoms with Gasteiger partial charge in [-0.25, -0.2) is 0 Å². The van der Waals surface area contributed by atoms with Crippen molar-refractivity contribution in [3.05, 3.63) is 29.3 Å². The van der Waals surface area contributed by atoms with Gasteiger partial charge < -0.3 is 9.64 Å². The second kappa shape index (κ2) is 7.48. The molecule has 2 amide bonds. The van der Waals surface area contributed by atoms with Crippen molar-refractivity contribution in [2.24, 2.45) is 0 Å². The average Bonchev–Trinajstić information content (AvgIpc) is 3.48. The maximum absolute atomic E-state index is 13.1. The summed E-state index contributed by atoms with van der Waals surface area (Å²) in [5.74, 6) is -0.314. The van der Waals surface area contributed by atoms with Crippen LogP contribution in [0.3, 0.4) is 0 Å². The lowest BCUT2D eigenvalue weighted by Gasteiger charge is -2.39. The highest BCUT2D eigenvalue weighted by molar-refractivity contribution is 6.23. The van der Waals surface area contributed by atoms with Crippen LogP contribution >= 0.6 is 0 Å². The van der Waals surface area contributed by atoms with E-state index >= 15 is 0 Å². The van der Waals surface area contributed by atoms with Crippen molar-refractivity contribution >= 4 is 17.5 Å². The Labute approximate surface area is 166 Å². The van der Waals surface area contributed by atoms with E-state index in [1.165, 1.54) is 30.6 Å². The van der Waals surface area contributed by atoms with E-state index in [4.69, 9.17) is 4.74 Å². The van der Waals surface area contributed by atoms with Gasteiger partial charge in [-0.1, -0.05) is 18.9 Å². The maximum Gasteiger partial charge on any atom is 0.263 e. The molecule has 6 nitrogen and oxygen atoms in total. The van der Waals surface area contributed by atoms with Gasteiger partial charge in [-0.3, -0.25) is 19.4 Å². The number of ether oxygens (including phenoxy) is 1. The number of anilines is 1. The summed E-state index contributed by atoms with van der Waals surface area (Å²) in [6.45, 7) is 5.01. The fourth-order valence-electron chi connectivity index (χ4n) is 5.33. The van der Waals surface area contributed by atoms with Gasteiger partial charge in [0.1, 0.15) is 0 Å². The van der Waals surface area contributed by atoms with Gasteiger partial charge in [0.15, 0.2) is 0 Å². The molecule has 4 aliphatic rings. The third-order valence-corrected chi connectivity index (χ3v) is 6.88. The zero-order valence-corrected chi connectivity index (χ0v) is 16.4. The van der Waals surface area contributed by atoms with Gasteiger partial charge in [-0.05, 0) is 37.8 Å². The quantitative estimate of drug-likeness (QED) is 0.748. The predicted molar refractivity (Wildman–Crippen MR) is 107 cm³/mol. The second-order valence-corrected chi connectivity index (χ2v) is 8.52. The van der Waals surface area contributed by atoms with Crippen LogP contribution in [0, 0.1) is 0 Å². The van der Waals surface area contributed by atoms with Crippen LogP contribution in [-0.4, -0.2) is 73.1 Å². The van der Waals surface area contributed by atoms with Gasteiger partial charge in [0.05, 0.1) is 29.5 Å². The summed E-state index contributed by atoms with van der Waals surface area (Å²) in [5.41, 5.74) is 2.08. The van der Waals surface area contributed by atoms with Crippen LogP contribution in [0.5, 0.6) is 0 Å². The molecular formula is C22H29N3O3. The van der Waals surface area contributed by atoms with Gasteiger partial charge in [-0.2, -0.15) is 0 Å². The molecule has 0 aromatic heterocycles. The van der Waals surface area contributed by atoms with Gasteiger partial charge >= 0.3 is 0 Å². The Morgan fingerprint density at radius 2 is 1.71 bits per heavy atom.